The molecular formula is C13H19N3O4. The summed E-state index contributed by atoms with van der Waals surface area (Å²) in [4.78, 5) is 31.6. The highest BCUT2D eigenvalue weighted by Crippen LogP contribution is 2.19. The molecule has 7 nitrogen and oxygen atoms in total. The third-order valence-electron chi connectivity index (χ3n) is 3.23. The molecule has 0 amide bonds. The highest BCUT2D eigenvalue weighted by molar-refractivity contribution is 5.68. The van der Waals surface area contributed by atoms with Gasteiger partial charge < -0.3 is 19.7 Å². The molecule has 0 bridgehead atoms. The lowest BCUT2D eigenvalue weighted by Crippen LogP contribution is -2.47. The number of hydrogen-bond donors (Lipinski definition) is 2. The summed E-state index contributed by atoms with van der Waals surface area (Å²) in [5, 5.41) is 8.96. The third-order valence-corrected chi connectivity index (χ3v) is 3.23. The molecule has 1 aliphatic rings. The quantitative estimate of drug-likeness (QED) is 0.838. The van der Waals surface area contributed by atoms with Crippen LogP contribution in [0.1, 0.15) is 32.0 Å². The van der Waals surface area contributed by atoms with Crippen molar-refractivity contribution >= 4 is 11.8 Å². The van der Waals surface area contributed by atoms with Crippen molar-refractivity contribution < 1.29 is 14.6 Å². The number of morpholine rings is 1. The highest BCUT2D eigenvalue weighted by Gasteiger charge is 2.27. The minimum Gasteiger partial charge on any atom is -0.481 e. The maximum atomic E-state index is 11.7. The third kappa shape index (κ3) is 3.36. The van der Waals surface area contributed by atoms with Crippen LogP contribution in [0.5, 0.6) is 0 Å². The van der Waals surface area contributed by atoms with Crippen molar-refractivity contribution in [3.05, 3.63) is 22.2 Å². The Morgan fingerprint density at radius 1 is 1.65 bits per heavy atom. The van der Waals surface area contributed by atoms with Crippen LogP contribution in [0, 0.1) is 0 Å². The van der Waals surface area contributed by atoms with Crippen molar-refractivity contribution in [1.82, 2.24) is 9.97 Å². The summed E-state index contributed by atoms with van der Waals surface area (Å²) in [6.45, 7) is 5.25. The molecule has 2 rings (SSSR count). The van der Waals surface area contributed by atoms with Gasteiger partial charge >= 0.3 is 5.97 Å². The van der Waals surface area contributed by atoms with Gasteiger partial charge in [0.15, 0.2) is 0 Å². The maximum Gasteiger partial charge on any atom is 0.305 e. The lowest BCUT2D eigenvalue weighted by molar-refractivity contribution is -0.138. The van der Waals surface area contributed by atoms with E-state index in [0.717, 1.165) is 0 Å². The Balaban J connectivity index is 2.32. The zero-order valence-electron chi connectivity index (χ0n) is 11.6. The van der Waals surface area contributed by atoms with E-state index in [2.05, 4.69) is 9.97 Å². The molecule has 20 heavy (non-hydrogen) atoms. The average Bonchev–Trinajstić information content (AvgIpc) is 2.37. The summed E-state index contributed by atoms with van der Waals surface area (Å²) >= 11 is 0. The first-order valence-corrected chi connectivity index (χ1v) is 6.65. The maximum absolute atomic E-state index is 11.7. The molecule has 0 radical (unpaired) electrons. The van der Waals surface area contributed by atoms with Gasteiger partial charge in [0.2, 0.25) is 0 Å². The van der Waals surface area contributed by atoms with Crippen molar-refractivity contribution in [2.45, 2.75) is 32.2 Å². The highest BCUT2D eigenvalue weighted by atomic mass is 16.5. The number of carbonyl (C=O) groups is 1. The number of anilines is 1. The van der Waals surface area contributed by atoms with Gasteiger partial charge in [0.1, 0.15) is 11.6 Å². The number of nitrogens with zero attached hydrogens (tertiary/aromatic N) is 2. The number of carboxylic acids is 1. The van der Waals surface area contributed by atoms with Gasteiger partial charge in [-0.05, 0) is 0 Å². The first kappa shape index (κ1) is 14.5. The molecule has 1 aromatic rings. The van der Waals surface area contributed by atoms with E-state index in [4.69, 9.17) is 9.84 Å². The summed E-state index contributed by atoms with van der Waals surface area (Å²) in [6.07, 6.45) is -0.0362. The average molecular weight is 281 g/mol. The van der Waals surface area contributed by atoms with E-state index in [1.807, 2.05) is 18.7 Å². The molecule has 1 unspecified atom stereocenters. The number of hydrogen-bond acceptors (Lipinski definition) is 5. The minimum atomic E-state index is -0.889. The zero-order chi connectivity index (χ0) is 14.7. The summed E-state index contributed by atoms with van der Waals surface area (Å²) in [6, 6.07) is 1.11. The van der Waals surface area contributed by atoms with Crippen LogP contribution in [0.2, 0.25) is 0 Å². The SMILES string of the molecule is CC(C)c1nc(N2CCOCC2CC(=O)O)cc(=O)[nH]1. The number of carboxylic acid groups (broad SMARTS) is 1. The molecule has 0 aromatic carbocycles. The van der Waals surface area contributed by atoms with E-state index in [0.29, 0.717) is 31.4 Å². The molecule has 2 N–H and O–H groups in total. The Morgan fingerprint density at radius 2 is 2.40 bits per heavy atom. The summed E-state index contributed by atoms with van der Waals surface area (Å²) in [5.74, 6) is 0.334. The van der Waals surface area contributed by atoms with Crippen LogP contribution in [0.3, 0.4) is 0 Å². The second-order valence-corrected chi connectivity index (χ2v) is 5.16. The van der Waals surface area contributed by atoms with Crippen LogP contribution in [-0.4, -0.2) is 46.8 Å². The Labute approximate surface area is 116 Å². The lowest BCUT2D eigenvalue weighted by Gasteiger charge is -2.35. The number of aromatic amines is 1. The van der Waals surface area contributed by atoms with E-state index < -0.39 is 5.97 Å². The van der Waals surface area contributed by atoms with E-state index in [-0.39, 0.29) is 23.9 Å². The monoisotopic (exact) mass is 281 g/mol. The molecule has 110 valence electrons. The second-order valence-electron chi connectivity index (χ2n) is 5.16. The predicted octanol–water partition coefficient (Wildman–Crippen LogP) is 0.573. The molecule has 2 heterocycles. The number of aromatic nitrogens is 2. The fraction of sp³-hybridized carbons (Fsp3) is 0.615. The molecular weight excluding hydrogens is 262 g/mol. The first-order chi connectivity index (χ1) is 9.47. The topological polar surface area (TPSA) is 95.5 Å². The van der Waals surface area contributed by atoms with Crippen molar-refractivity contribution in [3.63, 3.8) is 0 Å². The van der Waals surface area contributed by atoms with Gasteiger partial charge in [-0.3, -0.25) is 9.59 Å². The molecule has 0 saturated carbocycles. The first-order valence-electron chi connectivity index (χ1n) is 6.65. The molecule has 1 saturated heterocycles. The van der Waals surface area contributed by atoms with Crippen LogP contribution in [-0.2, 0) is 9.53 Å². The van der Waals surface area contributed by atoms with E-state index in [9.17, 15) is 9.59 Å². The van der Waals surface area contributed by atoms with E-state index in [1.54, 1.807) is 0 Å². The summed E-state index contributed by atoms with van der Waals surface area (Å²) < 4.78 is 5.32. The van der Waals surface area contributed by atoms with E-state index in [1.165, 1.54) is 6.07 Å². The van der Waals surface area contributed by atoms with Crippen molar-refractivity contribution in [1.29, 1.82) is 0 Å². The van der Waals surface area contributed by atoms with Crippen molar-refractivity contribution in [3.8, 4) is 0 Å². The van der Waals surface area contributed by atoms with Crippen LogP contribution < -0.4 is 10.5 Å². The zero-order valence-corrected chi connectivity index (χ0v) is 11.6. The fourth-order valence-corrected chi connectivity index (χ4v) is 2.21. The normalized spacial score (nSPS) is 19.4. The molecule has 1 fully saturated rings. The van der Waals surface area contributed by atoms with Crippen molar-refractivity contribution in [2.24, 2.45) is 0 Å². The number of rotatable bonds is 4. The molecule has 1 atom stereocenters. The van der Waals surface area contributed by atoms with E-state index >= 15 is 0 Å². The number of nitrogens with one attached hydrogen (secondary N) is 1. The van der Waals surface area contributed by atoms with Gasteiger partial charge in [-0.2, -0.15) is 0 Å². The number of aliphatic carboxylic acids is 1. The molecule has 7 heteroatoms. The molecule has 0 spiro atoms. The Hall–Kier alpha value is -1.89. The summed E-state index contributed by atoms with van der Waals surface area (Å²) in [7, 11) is 0. The van der Waals surface area contributed by atoms with Gasteiger partial charge in [0, 0.05) is 18.5 Å². The van der Waals surface area contributed by atoms with Gasteiger partial charge in [0.25, 0.3) is 5.56 Å². The molecule has 1 aromatic heterocycles. The Morgan fingerprint density at radius 3 is 3.05 bits per heavy atom. The number of H-pyrrole nitrogens is 1. The van der Waals surface area contributed by atoms with Gasteiger partial charge in [-0.15, -0.1) is 0 Å². The predicted molar refractivity (Wildman–Crippen MR) is 73.2 cm³/mol. The van der Waals surface area contributed by atoms with Gasteiger partial charge in [-0.25, -0.2) is 4.98 Å². The number of ether oxygens (including phenoxy) is 1. The molecule has 1 aliphatic heterocycles. The van der Waals surface area contributed by atoms with Crippen LogP contribution in [0.25, 0.3) is 0 Å². The summed E-state index contributed by atoms with van der Waals surface area (Å²) in [5.41, 5.74) is -0.223. The largest absolute Gasteiger partial charge is 0.481 e. The van der Waals surface area contributed by atoms with Crippen LogP contribution in [0.4, 0.5) is 5.82 Å². The standard InChI is InChI=1S/C13H19N3O4/c1-8(2)13-14-10(6-11(17)15-13)16-3-4-20-7-9(16)5-12(18)19/h6,8-9H,3-5,7H2,1-2H3,(H,18,19)(H,14,15,17). The smallest absolute Gasteiger partial charge is 0.305 e. The fourth-order valence-electron chi connectivity index (χ4n) is 2.21. The second kappa shape index (κ2) is 6.04. The minimum absolute atomic E-state index is 0.0362. The lowest BCUT2D eigenvalue weighted by atomic mass is 10.1. The van der Waals surface area contributed by atoms with Gasteiger partial charge in [-0.1, -0.05) is 13.8 Å². The van der Waals surface area contributed by atoms with Crippen LogP contribution in [0.15, 0.2) is 10.9 Å². The Bertz CT molecular complexity index is 541. The Kier molecular flexibility index (Phi) is 4.39. The molecule has 0 aliphatic carbocycles. The van der Waals surface area contributed by atoms with Gasteiger partial charge in [0.05, 0.1) is 25.7 Å². The van der Waals surface area contributed by atoms with Crippen LogP contribution >= 0.6 is 0 Å². The van der Waals surface area contributed by atoms with Crippen molar-refractivity contribution in [2.75, 3.05) is 24.7 Å².